The van der Waals surface area contributed by atoms with Crippen molar-refractivity contribution in [3.8, 4) is 17.2 Å². The summed E-state index contributed by atoms with van der Waals surface area (Å²) in [5, 5.41) is 11.1. The molecule has 0 aromatic heterocycles. The van der Waals surface area contributed by atoms with E-state index in [9.17, 15) is 14.4 Å². The van der Waals surface area contributed by atoms with E-state index in [4.69, 9.17) is 19.9 Å². The zero-order valence-electron chi connectivity index (χ0n) is 18.9. The summed E-state index contributed by atoms with van der Waals surface area (Å²) in [5.74, 6) is 0.404. The van der Waals surface area contributed by atoms with Gasteiger partial charge in [-0.25, -0.2) is 0 Å². The van der Waals surface area contributed by atoms with Crippen molar-refractivity contribution in [3.63, 3.8) is 0 Å². The average molecular weight is 490 g/mol. The third-order valence-electron chi connectivity index (χ3n) is 4.95. The third-order valence-corrected chi connectivity index (χ3v) is 5.96. The van der Waals surface area contributed by atoms with Crippen LogP contribution in [0.15, 0.2) is 42.5 Å². The monoisotopic (exact) mass is 489 g/mol. The number of hydrogen-bond donors (Lipinski definition) is 5. The number of amides is 3. The summed E-state index contributed by atoms with van der Waals surface area (Å²) in [7, 11) is 4.52. The molecule has 3 atom stereocenters. The average Bonchev–Trinajstić information content (AvgIpc) is 2.84. The number of benzene rings is 2. The molecule has 11 nitrogen and oxygen atoms in total. The number of carbonyl (C=O) groups is 3. The van der Waals surface area contributed by atoms with Crippen LogP contribution < -0.4 is 41.2 Å². The van der Waals surface area contributed by atoms with E-state index in [-0.39, 0.29) is 17.2 Å². The summed E-state index contributed by atoms with van der Waals surface area (Å²) in [5.41, 5.74) is 6.40. The van der Waals surface area contributed by atoms with Crippen LogP contribution in [0.2, 0.25) is 0 Å². The lowest BCUT2D eigenvalue weighted by Crippen LogP contribution is -2.70. The van der Waals surface area contributed by atoms with Gasteiger partial charge in [-0.2, -0.15) is 0 Å². The van der Waals surface area contributed by atoms with Crippen molar-refractivity contribution in [1.29, 1.82) is 0 Å². The van der Waals surface area contributed by atoms with Gasteiger partial charge in [0, 0.05) is 11.3 Å². The molecule has 34 heavy (non-hydrogen) atoms. The molecule has 1 fully saturated rings. The van der Waals surface area contributed by atoms with Crippen molar-refractivity contribution >= 4 is 35.2 Å². The van der Waals surface area contributed by atoms with E-state index >= 15 is 0 Å². The molecule has 6 N–H and O–H groups in total. The molecule has 12 heteroatoms. The number of ether oxygens (including phenoxy) is 3. The molecule has 3 unspecified atom stereocenters. The summed E-state index contributed by atoms with van der Waals surface area (Å²) < 4.78 is 15.5. The summed E-state index contributed by atoms with van der Waals surface area (Å²) >= 11 is 1.16. The lowest BCUT2D eigenvalue weighted by Gasteiger charge is -2.35. The van der Waals surface area contributed by atoms with E-state index in [1.165, 1.54) is 20.3 Å². The van der Waals surface area contributed by atoms with Crippen LogP contribution in [0.4, 0.5) is 5.69 Å². The highest BCUT2D eigenvalue weighted by Crippen LogP contribution is 2.27. The number of anilines is 1. The summed E-state index contributed by atoms with van der Waals surface area (Å²) in [6.07, 6.45) is -0.861. The Morgan fingerprint density at radius 1 is 1.03 bits per heavy atom. The lowest BCUT2D eigenvalue weighted by atomic mass is 10.1. The molecule has 1 aliphatic heterocycles. The van der Waals surface area contributed by atoms with E-state index < -0.39 is 29.5 Å². The maximum absolute atomic E-state index is 12.6. The number of carbonyl (C=O) groups excluding carboxylic acids is 3. The summed E-state index contributed by atoms with van der Waals surface area (Å²) in [6, 6.07) is 10.6. The van der Waals surface area contributed by atoms with Gasteiger partial charge in [0.15, 0.2) is 11.5 Å². The maximum atomic E-state index is 12.6. The summed E-state index contributed by atoms with van der Waals surface area (Å²) in [4.78, 5) is 37.5. The van der Waals surface area contributed by atoms with Crippen LogP contribution in [0.3, 0.4) is 0 Å². The van der Waals surface area contributed by atoms with Gasteiger partial charge >= 0.3 is 0 Å². The van der Waals surface area contributed by atoms with Crippen LogP contribution in [-0.4, -0.2) is 62.5 Å². The Kier molecular flexibility index (Phi) is 8.57. The minimum absolute atomic E-state index is 0.0688. The normalized spacial score (nSPS) is 19.5. The first-order valence-corrected chi connectivity index (χ1v) is 11.3. The topological polar surface area (TPSA) is 153 Å². The molecule has 1 heterocycles. The molecule has 1 aliphatic rings. The lowest BCUT2D eigenvalue weighted by molar-refractivity contribution is -0.125. The van der Waals surface area contributed by atoms with Gasteiger partial charge in [0.05, 0.1) is 33.2 Å². The zero-order valence-corrected chi connectivity index (χ0v) is 19.7. The van der Waals surface area contributed by atoms with Gasteiger partial charge in [0.25, 0.3) is 5.91 Å². The highest BCUT2D eigenvalue weighted by molar-refractivity contribution is 8.00. The molecule has 182 valence electrons. The fraction of sp³-hybridized carbons (Fsp3) is 0.318. The van der Waals surface area contributed by atoms with Gasteiger partial charge in [-0.05, 0) is 42.5 Å². The molecule has 2 aromatic carbocycles. The molecule has 1 saturated heterocycles. The minimum atomic E-state index is -1.01. The van der Waals surface area contributed by atoms with Crippen molar-refractivity contribution in [2.24, 2.45) is 5.73 Å². The van der Waals surface area contributed by atoms with E-state index in [2.05, 4.69) is 21.3 Å². The van der Waals surface area contributed by atoms with Crippen LogP contribution in [0, 0.1) is 0 Å². The molecule has 0 bridgehead atoms. The number of nitrogens with two attached hydrogens (primary N) is 1. The Hall–Kier alpha value is -3.48. The predicted molar refractivity (Wildman–Crippen MR) is 128 cm³/mol. The van der Waals surface area contributed by atoms with Crippen LogP contribution in [-0.2, 0) is 9.59 Å². The van der Waals surface area contributed by atoms with Crippen molar-refractivity contribution in [3.05, 3.63) is 48.0 Å². The molecule has 0 radical (unpaired) electrons. The van der Waals surface area contributed by atoms with Gasteiger partial charge in [-0.1, -0.05) is 0 Å². The first-order valence-electron chi connectivity index (χ1n) is 10.2. The number of thioether (sulfide) groups is 1. The first kappa shape index (κ1) is 25.1. The van der Waals surface area contributed by atoms with Crippen LogP contribution in [0.1, 0.15) is 10.4 Å². The SMILES string of the molecule is COc1ccc(NC(=O)CSC2NC(=O)C(NC(=O)c3ccc(OC)c(OC)c3)C(N)N2)cc1. The van der Waals surface area contributed by atoms with Gasteiger partial charge in [0.2, 0.25) is 11.8 Å². The van der Waals surface area contributed by atoms with Crippen LogP contribution in [0.5, 0.6) is 17.2 Å². The van der Waals surface area contributed by atoms with Gasteiger partial charge in [-0.3, -0.25) is 19.7 Å². The second-order valence-electron chi connectivity index (χ2n) is 7.19. The fourth-order valence-corrected chi connectivity index (χ4v) is 4.02. The number of nitrogens with one attached hydrogen (secondary N) is 4. The Balaban J connectivity index is 1.51. The first-order chi connectivity index (χ1) is 16.3. The molecule has 2 aromatic rings. The number of rotatable bonds is 9. The van der Waals surface area contributed by atoms with E-state index in [1.807, 2.05) is 0 Å². The quantitative estimate of drug-likeness (QED) is 0.338. The van der Waals surface area contributed by atoms with Crippen LogP contribution in [0.25, 0.3) is 0 Å². The molecule has 0 aliphatic carbocycles. The van der Waals surface area contributed by atoms with Gasteiger partial charge < -0.3 is 35.9 Å². The summed E-state index contributed by atoms with van der Waals surface area (Å²) in [6.45, 7) is 0. The van der Waals surface area contributed by atoms with Gasteiger partial charge in [-0.15, -0.1) is 11.8 Å². The second kappa shape index (κ2) is 11.6. The van der Waals surface area contributed by atoms with Crippen molar-refractivity contribution in [2.75, 3.05) is 32.4 Å². The third kappa shape index (κ3) is 6.31. The Bertz CT molecular complexity index is 1030. The van der Waals surface area contributed by atoms with Crippen molar-refractivity contribution in [1.82, 2.24) is 16.0 Å². The molecular weight excluding hydrogens is 462 g/mol. The zero-order chi connectivity index (χ0) is 24.7. The standard InChI is InChI=1S/C22H27N5O6S/c1-31-14-7-5-13(6-8-14)24-17(28)11-34-22-26-19(23)18(21(30)27-22)25-20(29)12-4-9-15(32-2)16(10-12)33-3/h4-10,18-19,22,26H,11,23H2,1-3H3,(H,24,28)(H,25,29)(H,27,30). The predicted octanol–water partition coefficient (Wildman–Crippen LogP) is 0.471. The van der Waals surface area contributed by atoms with E-state index in [0.717, 1.165) is 11.8 Å². The number of hydrogen-bond acceptors (Lipinski definition) is 9. The van der Waals surface area contributed by atoms with E-state index in [1.54, 1.807) is 43.5 Å². The van der Waals surface area contributed by atoms with Gasteiger partial charge in [0.1, 0.15) is 17.3 Å². The van der Waals surface area contributed by atoms with E-state index in [0.29, 0.717) is 22.9 Å². The Morgan fingerprint density at radius 3 is 2.35 bits per heavy atom. The highest BCUT2D eigenvalue weighted by Gasteiger charge is 2.35. The Morgan fingerprint density at radius 2 is 1.74 bits per heavy atom. The smallest absolute Gasteiger partial charge is 0.252 e. The Labute approximate surface area is 201 Å². The highest BCUT2D eigenvalue weighted by atomic mass is 32.2. The fourth-order valence-electron chi connectivity index (χ4n) is 3.17. The molecule has 0 saturated carbocycles. The van der Waals surface area contributed by atoms with Crippen molar-refractivity contribution in [2.45, 2.75) is 17.7 Å². The second-order valence-corrected chi connectivity index (χ2v) is 8.28. The molecule has 0 spiro atoms. The largest absolute Gasteiger partial charge is 0.497 e. The molecule has 3 rings (SSSR count). The molecule has 3 amide bonds. The maximum Gasteiger partial charge on any atom is 0.252 e. The van der Waals surface area contributed by atoms with Crippen molar-refractivity contribution < 1.29 is 28.6 Å². The molecular formula is C22H27N5O6S. The number of methoxy groups -OCH3 is 3. The van der Waals surface area contributed by atoms with Crippen LogP contribution >= 0.6 is 11.8 Å². The minimum Gasteiger partial charge on any atom is -0.497 e.